The molecule has 1 atom stereocenters. The fourth-order valence-corrected chi connectivity index (χ4v) is 4.03. The van der Waals surface area contributed by atoms with Gasteiger partial charge < -0.3 is 19.8 Å². The first-order chi connectivity index (χ1) is 16.5. The minimum atomic E-state index is -0.664. The van der Waals surface area contributed by atoms with E-state index in [2.05, 4.69) is 20.3 Å². The highest BCUT2D eigenvalue weighted by Crippen LogP contribution is 2.32. The van der Waals surface area contributed by atoms with Gasteiger partial charge in [-0.3, -0.25) is 9.78 Å². The molecule has 0 saturated carbocycles. The van der Waals surface area contributed by atoms with E-state index in [1.807, 2.05) is 0 Å². The van der Waals surface area contributed by atoms with Gasteiger partial charge in [0.25, 0.3) is 5.56 Å². The molecule has 0 spiro atoms. The van der Waals surface area contributed by atoms with Gasteiger partial charge in [-0.1, -0.05) is 6.07 Å². The summed E-state index contributed by atoms with van der Waals surface area (Å²) >= 11 is 0. The summed E-state index contributed by atoms with van der Waals surface area (Å²) in [5, 5.41) is 3.66. The Bertz CT molecular complexity index is 1380. The molecule has 2 N–H and O–H groups in total. The van der Waals surface area contributed by atoms with Gasteiger partial charge in [-0.25, -0.2) is 13.8 Å². The van der Waals surface area contributed by atoms with Gasteiger partial charge in [0, 0.05) is 36.9 Å². The van der Waals surface area contributed by atoms with Crippen molar-refractivity contribution in [2.24, 2.45) is 0 Å². The van der Waals surface area contributed by atoms with Crippen LogP contribution in [0.4, 0.5) is 8.78 Å². The first-order valence-electron chi connectivity index (χ1n) is 10.9. The molecule has 0 unspecified atom stereocenters. The molecular formula is C25H22F2N4O3. The van der Waals surface area contributed by atoms with Gasteiger partial charge in [-0.05, 0) is 42.8 Å². The Hall–Kier alpha value is -3.85. The minimum Gasteiger partial charge on any atom is -0.493 e. The maximum atomic E-state index is 13.5. The number of aromatic amines is 1. The SMILES string of the molecule is COc1cc2c(=O)[nH]c(Cc3ccc(-c4cc(F)cc(F)c4)nc3)nc2cc1O[C@@H]1CCNC1. The molecule has 5 rings (SSSR count). The number of hydrogen-bond donors (Lipinski definition) is 2. The van der Waals surface area contributed by atoms with Crippen molar-refractivity contribution in [2.75, 3.05) is 20.2 Å². The van der Waals surface area contributed by atoms with Crippen molar-refractivity contribution >= 4 is 10.9 Å². The Labute approximate surface area is 193 Å². The standard InChI is InChI=1S/C25H22F2N4O3/c1-33-22-10-19-21(11-23(22)34-18-4-5-28-13-18)30-24(31-25(19)32)6-14-2-3-20(29-12-14)15-7-16(26)9-17(27)8-15/h2-3,7-12,18,28H,4-6,13H2,1H3,(H,30,31,32)/t18-/m1/s1. The summed E-state index contributed by atoms with van der Waals surface area (Å²) in [7, 11) is 1.53. The largest absolute Gasteiger partial charge is 0.493 e. The number of nitrogens with one attached hydrogen (secondary N) is 2. The van der Waals surface area contributed by atoms with Gasteiger partial charge in [-0.15, -0.1) is 0 Å². The monoisotopic (exact) mass is 464 g/mol. The summed E-state index contributed by atoms with van der Waals surface area (Å²) in [4.78, 5) is 24.5. The molecule has 34 heavy (non-hydrogen) atoms. The van der Waals surface area contributed by atoms with Crippen molar-refractivity contribution in [1.29, 1.82) is 0 Å². The number of rotatable bonds is 6. The third-order valence-corrected chi connectivity index (χ3v) is 5.70. The van der Waals surface area contributed by atoms with Crippen LogP contribution in [0.25, 0.3) is 22.2 Å². The maximum Gasteiger partial charge on any atom is 0.258 e. The number of ether oxygens (including phenoxy) is 2. The van der Waals surface area contributed by atoms with Gasteiger partial charge in [0.1, 0.15) is 23.6 Å². The second-order valence-corrected chi connectivity index (χ2v) is 8.15. The normalized spacial score (nSPS) is 15.6. The molecular weight excluding hydrogens is 442 g/mol. The highest BCUT2D eigenvalue weighted by molar-refractivity contribution is 5.81. The Balaban J connectivity index is 1.42. The van der Waals surface area contributed by atoms with Crippen LogP contribution in [0.15, 0.2) is 53.5 Å². The van der Waals surface area contributed by atoms with Crippen LogP contribution in [-0.4, -0.2) is 41.3 Å². The lowest BCUT2D eigenvalue weighted by atomic mass is 10.1. The Morgan fingerprint density at radius 2 is 1.91 bits per heavy atom. The molecule has 2 aromatic heterocycles. The first-order valence-corrected chi connectivity index (χ1v) is 10.9. The number of H-pyrrole nitrogens is 1. The molecule has 0 radical (unpaired) electrons. The van der Waals surface area contributed by atoms with Gasteiger partial charge in [0.2, 0.25) is 0 Å². The predicted octanol–water partition coefficient (Wildman–Crippen LogP) is 3.60. The lowest BCUT2D eigenvalue weighted by Crippen LogP contribution is -2.20. The van der Waals surface area contributed by atoms with E-state index in [1.54, 1.807) is 30.5 Å². The van der Waals surface area contributed by atoms with E-state index < -0.39 is 11.6 Å². The average molecular weight is 464 g/mol. The van der Waals surface area contributed by atoms with Gasteiger partial charge >= 0.3 is 0 Å². The number of fused-ring (bicyclic) bond motifs is 1. The fraction of sp³-hybridized carbons (Fsp3) is 0.240. The fourth-order valence-electron chi connectivity index (χ4n) is 4.03. The lowest BCUT2D eigenvalue weighted by Gasteiger charge is -2.16. The number of pyridine rings is 1. The van der Waals surface area contributed by atoms with Crippen LogP contribution < -0.4 is 20.3 Å². The summed E-state index contributed by atoms with van der Waals surface area (Å²) < 4.78 is 38.5. The summed E-state index contributed by atoms with van der Waals surface area (Å²) in [6, 6.07) is 10.1. The van der Waals surface area contributed by atoms with Crippen molar-refractivity contribution in [1.82, 2.24) is 20.3 Å². The Morgan fingerprint density at radius 3 is 2.59 bits per heavy atom. The highest BCUT2D eigenvalue weighted by atomic mass is 19.1. The summed E-state index contributed by atoms with van der Waals surface area (Å²) in [6.45, 7) is 1.64. The van der Waals surface area contributed by atoms with Crippen molar-refractivity contribution in [3.05, 3.63) is 82.0 Å². The Morgan fingerprint density at radius 1 is 1.09 bits per heavy atom. The summed E-state index contributed by atoms with van der Waals surface area (Å²) in [6.07, 6.45) is 2.84. The third kappa shape index (κ3) is 4.60. The Kier molecular flexibility index (Phi) is 5.93. The number of benzene rings is 2. The van der Waals surface area contributed by atoms with Crippen LogP contribution in [-0.2, 0) is 6.42 Å². The number of aromatic nitrogens is 3. The molecule has 1 aliphatic rings. The van der Waals surface area contributed by atoms with Crippen molar-refractivity contribution < 1.29 is 18.3 Å². The van der Waals surface area contributed by atoms with E-state index in [-0.39, 0.29) is 11.7 Å². The molecule has 4 aromatic rings. The second-order valence-electron chi connectivity index (χ2n) is 8.15. The highest BCUT2D eigenvalue weighted by Gasteiger charge is 2.19. The van der Waals surface area contributed by atoms with Gasteiger partial charge in [-0.2, -0.15) is 0 Å². The maximum absolute atomic E-state index is 13.5. The van der Waals surface area contributed by atoms with Gasteiger partial charge in [0.15, 0.2) is 11.5 Å². The van der Waals surface area contributed by atoms with Crippen LogP contribution in [0.2, 0.25) is 0 Å². The van der Waals surface area contributed by atoms with Crippen LogP contribution in [0.1, 0.15) is 17.8 Å². The van der Waals surface area contributed by atoms with E-state index in [4.69, 9.17) is 9.47 Å². The van der Waals surface area contributed by atoms with Crippen LogP contribution in [0.5, 0.6) is 11.5 Å². The van der Waals surface area contributed by atoms with E-state index in [1.165, 1.54) is 19.2 Å². The molecule has 0 bridgehead atoms. The van der Waals surface area contributed by atoms with E-state index in [0.717, 1.165) is 31.1 Å². The van der Waals surface area contributed by atoms with Crippen LogP contribution >= 0.6 is 0 Å². The average Bonchev–Trinajstić information content (AvgIpc) is 3.32. The summed E-state index contributed by atoms with van der Waals surface area (Å²) in [5.74, 6) is 0.155. The van der Waals surface area contributed by atoms with E-state index in [9.17, 15) is 13.6 Å². The topological polar surface area (TPSA) is 89.1 Å². The van der Waals surface area contributed by atoms with E-state index >= 15 is 0 Å². The molecule has 0 amide bonds. The molecule has 2 aromatic carbocycles. The smallest absolute Gasteiger partial charge is 0.258 e. The molecule has 1 fully saturated rings. The summed E-state index contributed by atoms with van der Waals surface area (Å²) in [5.41, 5.74) is 1.79. The number of methoxy groups -OCH3 is 1. The zero-order valence-corrected chi connectivity index (χ0v) is 18.4. The number of halogens is 2. The molecule has 7 nitrogen and oxygen atoms in total. The quantitative estimate of drug-likeness (QED) is 0.453. The molecule has 0 aliphatic carbocycles. The van der Waals surface area contributed by atoms with Crippen LogP contribution in [0, 0.1) is 11.6 Å². The predicted molar refractivity (Wildman–Crippen MR) is 123 cm³/mol. The number of nitrogens with zero attached hydrogens (tertiary/aromatic N) is 2. The lowest BCUT2D eigenvalue weighted by molar-refractivity contribution is 0.213. The van der Waals surface area contributed by atoms with E-state index in [0.29, 0.717) is 45.9 Å². The van der Waals surface area contributed by atoms with Crippen molar-refractivity contribution in [2.45, 2.75) is 18.9 Å². The molecule has 1 saturated heterocycles. The molecule has 3 heterocycles. The number of hydrogen-bond acceptors (Lipinski definition) is 6. The minimum absolute atomic E-state index is 0.0315. The molecule has 174 valence electrons. The van der Waals surface area contributed by atoms with Crippen molar-refractivity contribution in [3.63, 3.8) is 0 Å². The zero-order valence-electron chi connectivity index (χ0n) is 18.4. The third-order valence-electron chi connectivity index (χ3n) is 5.70. The zero-order chi connectivity index (χ0) is 23.7. The molecule has 1 aliphatic heterocycles. The first kappa shape index (κ1) is 22.0. The molecule has 9 heteroatoms. The van der Waals surface area contributed by atoms with Crippen LogP contribution in [0.3, 0.4) is 0 Å². The second kappa shape index (κ2) is 9.18. The van der Waals surface area contributed by atoms with Crippen molar-refractivity contribution in [3.8, 4) is 22.8 Å². The van der Waals surface area contributed by atoms with Gasteiger partial charge in [0.05, 0.1) is 23.7 Å².